The Morgan fingerprint density at radius 2 is 1.16 bits per heavy atom. The molecule has 7 rings (SSSR count). The third-order valence-corrected chi connectivity index (χ3v) is 6.93. The Morgan fingerprint density at radius 3 is 1.73 bits per heavy atom. The van der Waals surface area contributed by atoms with Crippen molar-refractivity contribution in [3.8, 4) is 22.6 Å². The van der Waals surface area contributed by atoms with Crippen molar-refractivity contribution >= 4 is 44.6 Å². The van der Waals surface area contributed by atoms with Crippen LogP contribution < -0.4 is 0 Å². The summed E-state index contributed by atoms with van der Waals surface area (Å²) in [6.45, 7) is 4.04. The minimum atomic E-state index is 0.656. The predicted molar refractivity (Wildman–Crippen MR) is 149 cm³/mol. The molecule has 0 saturated heterocycles. The molecule has 7 aromatic rings. The lowest BCUT2D eigenvalue weighted by molar-refractivity contribution is 0.863. The van der Waals surface area contributed by atoms with Crippen LogP contribution in [-0.4, -0.2) is 29.5 Å². The topological polar surface area (TPSA) is 61.4 Å². The zero-order valence-electron chi connectivity index (χ0n) is 20.2. The quantitative estimate of drug-likeness (QED) is 0.256. The second-order valence-corrected chi connectivity index (χ2v) is 9.52. The van der Waals surface area contributed by atoms with Crippen LogP contribution in [-0.2, 0) is 0 Å². The minimum absolute atomic E-state index is 0.656. The van der Waals surface area contributed by atoms with Crippen molar-refractivity contribution in [3.05, 3.63) is 107 Å². The summed E-state index contributed by atoms with van der Waals surface area (Å²) in [6, 6.07) is 30.1. The van der Waals surface area contributed by atoms with Gasteiger partial charge in [-0.2, -0.15) is 10.2 Å². The number of rotatable bonds is 3. The molecule has 0 aliphatic rings. The smallest absolute Gasteiger partial charge is 0.166 e. The Hall–Kier alpha value is -4.55. The maximum atomic E-state index is 6.32. The molecule has 4 heterocycles. The van der Waals surface area contributed by atoms with Crippen molar-refractivity contribution in [1.29, 1.82) is 0 Å². The molecule has 0 atom stereocenters. The average Bonchev–Trinajstić information content (AvgIpc) is 3.44. The van der Waals surface area contributed by atoms with Crippen molar-refractivity contribution in [3.63, 3.8) is 0 Å². The van der Waals surface area contributed by atoms with Gasteiger partial charge in [0.1, 0.15) is 0 Å². The summed E-state index contributed by atoms with van der Waals surface area (Å²) in [5, 5.41) is 13.5. The van der Waals surface area contributed by atoms with Crippen LogP contribution in [0.15, 0.2) is 91.0 Å². The molecule has 0 bridgehead atoms. The zero-order chi connectivity index (χ0) is 25.1. The molecule has 0 radical (unpaired) electrons. The van der Waals surface area contributed by atoms with Crippen LogP contribution in [0.2, 0.25) is 5.02 Å². The normalized spacial score (nSPS) is 11.6. The number of hydrogen-bond acceptors (Lipinski definition) is 4. The Balaban J connectivity index is 1.64. The number of para-hydroxylation sites is 2. The zero-order valence-corrected chi connectivity index (χ0v) is 21.0. The van der Waals surface area contributed by atoms with E-state index in [1.54, 1.807) is 0 Å². The van der Waals surface area contributed by atoms with Crippen LogP contribution in [0, 0.1) is 13.8 Å². The Labute approximate surface area is 217 Å². The summed E-state index contributed by atoms with van der Waals surface area (Å²) in [5.74, 6) is 0. The van der Waals surface area contributed by atoms with Gasteiger partial charge in [0.25, 0.3) is 0 Å². The summed E-state index contributed by atoms with van der Waals surface area (Å²) >= 11 is 6.32. The maximum absolute atomic E-state index is 6.32. The van der Waals surface area contributed by atoms with Gasteiger partial charge in [-0.25, -0.2) is 19.3 Å². The van der Waals surface area contributed by atoms with Gasteiger partial charge in [-0.1, -0.05) is 60.1 Å². The molecule has 0 unspecified atom stereocenters. The standard InChI is InChI=1S/C30H21ClN6/c1-18-26-28(24-16-14-20-13-15-21(31)17-25(20)32-24)27-19(2)35-37(23-11-7-4-8-12-23)30(27)33-29(26)36(34-18)22-9-5-3-6-10-22/h3-17H,1-2H3. The van der Waals surface area contributed by atoms with Gasteiger partial charge in [-0.15, -0.1) is 0 Å². The predicted octanol–water partition coefficient (Wildman–Crippen LogP) is 7.24. The summed E-state index contributed by atoms with van der Waals surface area (Å²) in [6.07, 6.45) is 0. The van der Waals surface area contributed by atoms with Crippen molar-refractivity contribution in [2.45, 2.75) is 13.8 Å². The van der Waals surface area contributed by atoms with Crippen molar-refractivity contribution < 1.29 is 0 Å². The van der Waals surface area contributed by atoms with Gasteiger partial charge in [-0.05, 0) is 56.3 Å². The fourth-order valence-corrected chi connectivity index (χ4v) is 5.20. The lowest BCUT2D eigenvalue weighted by Gasteiger charge is -2.10. The Morgan fingerprint density at radius 1 is 0.622 bits per heavy atom. The minimum Gasteiger partial charge on any atom is -0.248 e. The number of aromatic nitrogens is 6. The molecule has 0 amide bonds. The summed E-state index contributed by atoms with van der Waals surface area (Å²) < 4.78 is 3.81. The lowest BCUT2D eigenvalue weighted by Crippen LogP contribution is -2.01. The number of fused-ring (bicyclic) bond motifs is 3. The first-order valence-electron chi connectivity index (χ1n) is 12.0. The first-order chi connectivity index (χ1) is 18.1. The van der Waals surface area contributed by atoms with Gasteiger partial charge in [0, 0.05) is 16.0 Å². The van der Waals surface area contributed by atoms with E-state index >= 15 is 0 Å². The Kier molecular flexibility index (Phi) is 4.84. The fourth-order valence-electron chi connectivity index (χ4n) is 5.03. The number of halogens is 1. The molecule has 4 aromatic heterocycles. The molecule has 0 aliphatic heterocycles. The van der Waals surface area contributed by atoms with Crippen LogP contribution in [0.5, 0.6) is 0 Å². The van der Waals surface area contributed by atoms with Gasteiger partial charge < -0.3 is 0 Å². The van der Waals surface area contributed by atoms with E-state index in [1.807, 2.05) is 102 Å². The third kappa shape index (κ3) is 3.41. The van der Waals surface area contributed by atoms with Crippen molar-refractivity contribution in [1.82, 2.24) is 29.5 Å². The highest BCUT2D eigenvalue weighted by Crippen LogP contribution is 2.39. The molecular weight excluding hydrogens is 480 g/mol. The number of nitrogens with zero attached hydrogens (tertiary/aromatic N) is 6. The number of hydrogen-bond donors (Lipinski definition) is 0. The molecule has 6 nitrogen and oxygen atoms in total. The number of benzene rings is 3. The summed E-state index contributed by atoms with van der Waals surface area (Å²) in [7, 11) is 0. The molecular formula is C30H21ClN6. The molecule has 7 heteroatoms. The highest BCUT2D eigenvalue weighted by atomic mass is 35.5. The second kappa shape index (κ2) is 8.25. The first kappa shape index (κ1) is 21.7. The van der Waals surface area contributed by atoms with Crippen LogP contribution in [0.1, 0.15) is 11.4 Å². The van der Waals surface area contributed by atoms with Crippen molar-refractivity contribution in [2.24, 2.45) is 0 Å². The number of aryl methyl sites for hydroxylation is 2. The van der Waals surface area contributed by atoms with E-state index in [0.29, 0.717) is 5.02 Å². The van der Waals surface area contributed by atoms with E-state index in [0.717, 1.165) is 67.0 Å². The summed E-state index contributed by atoms with van der Waals surface area (Å²) in [4.78, 5) is 10.3. The highest BCUT2D eigenvalue weighted by Gasteiger charge is 2.24. The molecule has 37 heavy (non-hydrogen) atoms. The molecule has 0 spiro atoms. The van der Waals surface area contributed by atoms with E-state index in [-0.39, 0.29) is 0 Å². The van der Waals surface area contributed by atoms with E-state index in [1.165, 1.54) is 0 Å². The van der Waals surface area contributed by atoms with Crippen LogP contribution >= 0.6 is 11.6 Å². The summed E-state index contributed by atoms with van der Waals surface area (Å²) in [5.41, 5.74) is 7.81. The third-order valence-electron chi connectivity index (χ3n) is 6.70. The monoisotopic (exact) mass is 500 g/mol. The molecule has 0 fully saturated rings. The molecule has 0 saturated carbocycles. The lowest BCUT2D eigenvalue weighted by atomic mass is 10.0. The van der Waals surface area contributed by atoms with Gasteiger partial charge in [-0.3, -0.25) is 0 Å². The van der Waals surface area contributed by atoms with Gasteiger partial charge in [0.05, 0.1) is 44.7 Å². The van der Waals surface area contributed by atoms with E-state index in [4.69, 9.17) is 31.8 Å². The van der Waals surface area contributed by atoms with Crippen LogP contribution in [0.3, 0.4) is 0 Å². The number of pyridine rings is 2. The van der Waals surface area contributed by atoms with E-state index in [2.05, 4.69) is 12.1 Å². The first-order valence-corrected chi connectivity index (χ1v) is 12.4. The SMILES string of the molecule is Cc1nn(-c2ccccc2)c2nc3c(c(C)nn3-c3ccccc3)c(-c3ccc4ccc(Cl)cc4n3)c12. The maximum Gasteiger partial charge on any atom is 0.166 e. The van der Waals surface area contributed by atoms with Gasteiger partial charge >= 0.3 is 0 Å². The highest BCUT2D eigenvalue weighted by molar-refractivity contribution is 6.31. The van der Waals surface area contributed by atoms with E-state index < -0.39 is 0 Å². The second-order valence-electron chi connectivity index (χ2n) is 9.08. The Bertz CT molecular complexity index is 1860. The van der Waals surface area contributed by atoms with Crippen molar-refractivity contribution in [2.75, 3.05) is 0 Å². The molecule has 3 aromatic carbocycles. The molecule has 178 valence electrons. The van der Waals surface area contributed by atoms with Gasteiger partial charge in [0.2, 0.25) is 0 Å². The average molecular weight is 501 g/mol. The fraction of sp³-hybridized carbons (Fsp3) is 0.0667. The van der Waals surface area contributed by atoms with Gasteiger partial charge in [0.15, 0.2) is 11.3 Å². The molecule has 0 N–H and O–H groups in total. The largest absolute Gasteiger partial charge is 0.248 e. The van der Waals surface area contributed by atoms with Crippen LogP contribution in [0.25, 0.3) is 55.6 Å². The van der Waals surface area contributed by atoms with E-state index in [9.17, 15) is 0 Å². The van der Waals surface area contributed by atoms with Crippen LogP contribution in [0.4, 0.5) is 0 Å². The molecule has 0 aliphatic carbocycles.